The molecule has 1 heterocycles. The molecule has 3 amide bonds. The lowest BCUT2D eigenvalue weighted by atomic mass is 10.1. The number of ether oxygens (including phenoxy) is 1. The molecule has 128 valence electrons. The van der Waals surface area contributed by atoms with Crippen LogP contribution in [0.15, 0.2) is 48.5 Å². The molecule has 0 saturated carbocycles. The van der Waals surface area contributed by atoms with Gasteiger partial charge in [-0.25, -0.2) is 0 Å². The largest absolute Gasteiger partial charge is 0.497 e. The van der Waals surface area contributed by atoms with Gasteiger partial charge < -0.3 is 10.1 Å². The quantitative estimate of drug-likeness (QED) is 0.846. The number of rotatable bonds is 5. The Morgan fingerprint density at radius 1 is 1.04 bits per heavy atom. The van der Waals surface area contributed by atoms with Gasteiger partial charge in [0.2, 0.25) is 5.91 Å². The van der Waals surface area contributed by atoms with Gasteiger partial charge in [-0.2, -0.15) is 0 Å². The Bertz CT molecular complexity index is 795. The number of amides is 3. The van der Waals surface area contributed by atoms with E-state index in [4.69, 9.17) is 4.74 Å². The molecule has 0 saturated heterocycles. The van der Waals surface area contributed by atoms with E-state index in [0.29, 0.717) is 17.7 Å². The first-order chi connectivity index (χ1) is 12.0. The highest BCUT2D eigenvalue weighted by Gasteiger charge is 2.40. The smallest absolute Gasteiger partial charge is 0.262 e. The van der Waals surface area contributed by atoms with Gasteiger partial charge in [0.25, 0.3) is 11.8 Å². The molecule has 0 fully saturated rings. The van der Waals surface area contributed by atoms with Crippen LogP contribution in [0, 0.1) is 0 Å². The van der Waals surface area contributed by atoms with Gasteiger partial charge in [-0.15, -0.1) is 0 Å². The molecule has 1 atom stereocenters. The van der Waals surface area contributed by atoms with E-state index >= 15 is 0 Å². The van der Waals surface area contributed by atoms with Gasteiger partial charge in [0, 0.05) is 6.54 Å². The Hall–Kier alpha value is -3.15. The van der Waals surface area contributed by atoms with E-state index in [-0.39, 0.29) is 5.91 Å². The topological polar surface area (TPSA) is 75.7 Å². The van der Waals surface area contributed by atoms with E-state index in [0.717, 1.165) is 16.2 Å². The maximum atomic E-state index is 12.4. The van der Waals surface area contributed by atoms with Crippen molar-refractivity contribution in [1.29, 1.82) is 0 Å². The van der Waals surface area contributed by atoms with Crippen molar-refractivity contribution in [2.45, 2.75) is 19.5 Å². The minimum atomic E-state index is -0.884. The van der Waals surface area contributed by atoms with Gasteiger partial charge in [0.1, 0.15) is 11.8 Å². The third kappa shape index (κ3) is 3.10. The fourth-order valence-electron chi connectivity index (χ4n) is 2.76. The zero-order valence-electron chi connectivity index (χ0n) is 14.0. The first-order valence-corrected chi connectivity index (χ1v) is 7.90. The summed E-state index contributed by atoms with van der Waals surface area (Å²) in [6.45, 7) is 1.85. The fourth-order valence-corrected chi connectivity index (χ4v) is 2.76. The van der Waals surface area contributed by atoms with E-state index in [1.807, 2.05) is 12.1 Å². The molecule has 2 aromatic carbocycles. The molecular formula is C19H18N2O4. The van der Waals surface area contributed by atoms with E-state index in [1.54, 1.807) is 50.4 Å². The Morgan fingerprint density at radius 3 is 2.12 bits per heavy atom. The summed E-state index contributed by atoms with van der Waals surface area (Å²) in [4.78, 5) is 38.2. The molecule has 0 radical (unpaired) electrons. The van der Waals surface area contributed by atoms with E-state index < -0.39 is 17.9 Å². The summed E-state index contributed by atoms with van der Waals surface area (Å²) in [6.07, 6.45) is 0. The normalized spacial score (nSPS) is 14.2. The highest BCUT2D eigenvalue weighted by atomic mass is 16.5. The van der Waals surface area contributed by atoms with Crippen molar-refractivity contribution in [2.75, 3.05) is 7.11 Å². The van der Waals surface area contributed by atoms with Crippen molar-refractivity contribution in [3.05, 3.63) is 65.2 Å². The molecule has 2 aromatic rings. The van der Waals surface area contributed by atoms with Crippen molar-refractivity contribution in [1.82, 2.24) is 10.2 Å². The molecule has 0 spiro atoms. The molecule has 3 rings (SSSR count). The zero-order chi connectivity index (χ0) is 18.0. The number of hydrogen-bond acceptors (Lipinski definition) is 4. The van der Waals surface area contributed by atoms with Crippen molar-refractivity contribution in [2.24, 2.45) is 0 Å². The highest BCUT2D eigenvalue weighted by molar-refractivity contribution is 6.22. The Morgan fingerprint density at radius 2 is 1.60 bits per heavy atom. The molecule has 0 bridgehead atoms. The van der Waals surface area contributed by atoms with Crippen LogP contribution in [0.1, 0.15) is 33.2 Å². The lowest BCUT2D eigenvalue weighted by Crippen LogP contribution is -2.47. The van der Waals surface area contributed by atoms with Crippen LogP contribution in [0.25, 0.3) is 0 Å². The van der Waals surface area contributed by atoms with Crippen molar-refractivity contribution in [3.8, 4) is 5.75 Å². The summed E-state index contributed by atoms with van der Waals surface area (Å²) in [5, 5.41) is 2.76. The number of carbonyl (C=O) groups excluding carboxylic acids is 3. The predicted octanol–water partition coefficient (Wildman–Crippen LogP) is 2.00. The standard InChI is InChI=1S/C19H18N2O4/c1-12(17(22)20-11-13-7-9-14(25-2)10-8-13)21-18(23)15-5-3-4-6-16(15)19(21)24/h3-10,12H,11H2,1-2H3,(H,20,22)/t12-/m0/s1. The first kappa shape index (κ1) is 16.7. The monoisotopic (exact) mass is 338 g/mol. The lowest BCUT2D eigenvalue weighted by molar-refractivity contribution is -0.124. The number of methoxy groups -OCH3 is 1. The van der Waals surface area contributed by atoms with Crippen LogP contribution in [-0.4, -0.2) is 35.8 Å². The Labute approximate surface area is 145 Å². The lowest BCUT2D eigenvalue weighted by Gasteiger charge is -2.21. The van der Waals surface area contributed by atoms with E-state index in [2.05, 4.69) is 5.32 Å². The van der Waals surface area contributed by atoms with Gasteiger partial charge >= 0.3 is 0 Å². The van der Waals surface area contributed by atoms with Gasteiger partial charge in [-0.05, 0) is 36.8 Å². The molecule has 0 unspecified atom stereocenters. The number of benzene rings is 2. The highest BCUT2D eigenvalue weighted by Crippen LogP contribution is 2.24. The van der Waals surface area contributed by atoms with Crippen molar-refractivity contribution < 1.29 is 19.1 Å². The Balaban J connectivity index is 1.66. The van der Waals surface area contributed by atoms with Crippen molar-refractivity contribution >= 4 is 17.7 Å². The average molecular weight is 338 g/mol. The van der Waals surface area contributed by atoms with Gasteiger partial charge in [-0.1, -0.05) is 24.3 Å². The minimum absolute atomic E-state index is 0.302. The maximum absolute atomic E-state index is 12.4. The van der Waals surface area contributed by atoms with Crippen molar-refractivity contribution in [3.63, 3.8) is 0 Å². The fraction of sp³-hybridized carbons (Fsp3) is 0.211. The Kier molecular flexibility index (Phi) is 4.52. The molecule has 0 aromatic heterocycles. The second-order valence-electron chi connectivity index (χ2n) is 5.77. The predicted molar refractivity (Wildman–Crippen MR) is 91.2 cm³/mol. The molecule has 1 aliphatic heterocycles. The average Bonchev–Trinajstić information content (AvgIpc) is 2.90. The summed E-state index contributed by atoms with van der Waals surface area (Å²) in [6, 6.07) is 13.0. The summed E-state index contributed by atoms with van der Waals surface area (Å²) in [5.41, 5.74) is 1.56. The van der Waals surface area contributed by atoms with Gasteiger partial charge in [-0.3, -0.25) is 19.3 Å². The molecule has 6 nitrogen and oxygen atoms in total. The van der Waals surface area contributed by atoms with Crippen LogP contribution in [-0.2, 0) is 11.3 Å². The molecule has 1 N–H and O–H groups in total. The number of carbonyl (C=O) groups is 3. The number of nitrogens with one attached hydrogen (secondary N) is 1. The second-order valence-corrected chi connectivity index (χ2v) is 5.77. The second kappa shape index (κ2) is 6.76. The van der Waals surface area contributed by atoms with E-state index in [9.17, 15) is 14.4 Å². The third-order valence-corrected chi connectivity index (χ3v) is 4.22. The maximum Gasteiger partial charge on any atom is 0.262 e. The number of nitrogens with zero attached hydrogens (tertiary/aromatic N) is 1. The third-order valence-electron chi connectivity index (χ3n) is 4.22. The number of imide groups is 1. The molecular weight excluding hydrogens is 320 g/mol. The summed E-state index contributed by atoms with van der Waals surface area (Å²) < 4.78 is 5.09. The van der Waals surface area contributed by atoms with Gasteiger partial charge in [0.15, 0.2) is 0 Å². The van der Waals surface area contributed by atoms with Crippen LogP contribution in [0.3, 0.4) is 0 Å². The summed E-state index contributed by atoms with van der Waals surface area (Å²) in [7, 11) is 1.58. The van der Waals surface area contributed by atoms with Crippen LogP contribution in [0.4, 0.5) is 0 Å². The van der Waals surface area contributed by atoms with Crippen LogP contribution >= 0.6 is 0 Å². The van der Waals surface area contributed by atoms with Crippen LogP contribution in [0.5, 0.6) is 5.75 Å². The molecule has 6 heteroatoms. The van der Waals surface area contributed by atoms with Crippen LogP contribution < -0.4 is 10.1 Å². The van der Waals surface area contributed by atoms with Crippen LogP contribution in [0.2, 0.25) is 0 Å². The first-order valence-electron chi connectivity index (χ1n) is 7.90. The summed E-state index contributed by atoms with van der Waals surface area (Å²) in [5.74, 6) is -0.528. The van der Waals surface area contributed by atoms with E-state index in [1.165, 1.54) is 0 Å². The molecule has 1 aliphatic rings. The number of fused-ring (bicyclic) bond motifs is 1. The zero-order valence-corrected chi connectivity index (χ0v) is 14.0. The summed E-state index contributed by atoms with van der Waals surface area (Å²) >= 11 is 0. The van der Waals surface area contributed by atoms with Gasteiger partial charge in [0.05, 0.1) is 18.2 Å². The minimum Gasteiger partial charge on any atom is -0.497 e. The number of hydrogen-bond donors (Lipinski definition) is 1. The molecule has 25 heavy (non-hydrogen) atoms. The molecule has 0 aliphatic carbocycles. The SMILES string of the molecule is COc1ccc(CNC(=O)[C@H](C)N2C(=O)c3ccccc3C2=O)cc1.